The first-order chi connectivity index (χ1) is 7.22. The van der Waals surface area contributed by atoms with Crippen LogP contribution >= 0.6 is 0 Å². The van der Waals surface area contributed by atoms with E-state index in [1.54, 1.807) is 0 Å². The molecular weight excluding hydrogens is 188 g/mol. The normalized spacial score (nSPS) is 10.3. The summed E-state index contributed by atoms with van der Waals surface area (Å²) in [5.41, 5.74) is 1.22. The Hall–Kier alpha value is -1.83. The van der Waals surface area contributed by atoms with E-state index in [2.05, 4.69) is 11.7 Å². The number of carbonyl (C=O) groups excluding carboxylic acids is 1. The number of fused-ring (bicyclic) bond motifs is 1. The lowest BCUT2D eigenvalue weighted by Gasteiger charge is -2.05. The average molecular weight is 199 g/mol. The van der Waals surface area contributed by atoms with Gasteiger partial charge in [-0.3, -0.25) is 0 Å². The molecule has 0 saturated heterocycles. The number of ether oxygens (including phenoxy) is 1. The maximum Gasteiger partial charge on any atom is 0.338 e. The van der Waals surface area contributed by atoms with Gasteiger partial charge < -0.3 is 4.74 Å². The van der Waals surface area contributed by atoms with E-state index in [-0.39, 0.29) is 5.97 Å². The quantitative estimate of drug-likeness (QED) is 0.660. The Bertz CT molecular complexity index is 515. The number of methoxy groups -OCH3 is 1. The molecule has 0 amide bonds. The molecule has 0 heterocycles. The number of esters is 1. The SMILES string of the molecule is [CH2]c1cc2ccccc2cc1C(=O)OC. The Morgan fingerprint density at radius 1 is 1.20 bits per heavy atom. The van der Waals surface area contributed by atoms with Crippen LogP contribution in [0, 0.1) is 6.92 Å². The van der Waals surface area contributed by atoms with Crippen molar-refractivity contribution in [2.75, 3.05) is 7.11 Å². The molecule has 0 fully saturated rings. The monoisotopic (exact) mass is 199 g/mol. The summed E-state index contributed by atoms with van der Waals surface area (Å²) in [6.45, 7) is 3.84. The van der Waals surface area contributed by atoms with Crippen LogP contribution in [0.4, 0.5) is 0 Å². The summed E-state index contributed by atoms with van der Waals surface area (Å²) in [6, 6.07) is 11.5. The molecule has 0 saturated carbocycles. The number of rotatable bonds is 1. The van der Waals surface area contributed by atoms with E-state index in [1.165, 1.54) is 7.11 Å². The second-order valence-corrected chi connectivity index (χ2v) is 3.35. The van der Waals surface area contributed by atoms with Gasteiger partial charge in [-0.05, 0) is 29.3 Å². The average Bonchev–Trinajstić information content (AvgIpc) is 2.27. The van der Waals surface area contributed by atoms with E-state index in [4.69, 9.17) is 0 Å². The van der Waals surface area contributed by atoms with E-state index in [9.17, 15) is 4.79 Å². The summed E-state index contributed by atoms with van der Waals surface area (Å²) in [5.74, 6) is -0.342. The Labute approximate surface area is 88.5 Å². The van der Waals surface area contributed by atoms with Gasteiger partial charge in [-0.25, -0.2) is 4.79 Å². The second-order valence-electron chi connectivity index (χ2n) is 3.35. The first kappa shape index (κ1) is 9.71. The number of hydrogen-bond acceptors (Lipinski definition) is 2. The predicted octanol–water partition coefficient (Wildman–Crippen LogP) is 2.81. The van der Waals surface area contributed by atoms with E-state index < -0.39 is 0 Å². The van der Waals surface area contributed by atoms with Gasteiger partial charge in [0, 0.05) is 0 Å². The van der Waals surface area contributed by atoms with Crippen molar-refractivity contribution in [3.63, 3.8) is 0 Å². The summed E-state index contributed by atoms with van der Waals surface area (Å²) < 4.78 is 4.69. The summed E-state index contributed by atoms with van der Waals surface area (Å²) >= 11 is 0. The zero-order valence-electron chi connectivity index (χ0n) is 8.49. The van der Waals surface area contributed by atoms with Gasteiger partial charge in [0.15, 0.2) is 0 Å². The van der Waals surface area contributed by atoms with Crippen LogP contribution in [0.1, 0.15) is 15.9 Å². The van der Waals surface area contributed by atoms with Gasteiger partial charge in [-0.2, -0.15) is 0 Å². The molecule has 0 aromatic heterocycles. The third-order valence-electron chi connectivity index (χ3n) is 2.38. The molecule has 0 bridgehead atoms. The maximum atomic E-state index is 11.4. The molecule has 15 heavy (non-hydrogen) atoms. The molecule has 1 radical (unpaired) electrons. The van der Waals surface area contributed by atoms with Crippen molar-refractivity contribution in [3.05, 3.63) is 54.4 Å². The fourth-order valence-electron chi connectivity index (χ4n) is 1.59. The van der Waals surface area contributed by atoms with Crippen molar-refractivity contribution < 1.29 is 9.53 Å². The van der Waals surface area contributed by atoms with Crippen molar-refractivity contribution >= 4 is 16.7 Å². The standard InChI is InChI=1S/C13H11O2/c1-9-7-10-5-3-4-6-11(10)8-12(9)13(14)15-2/h3-8H,1H2,2H3. The molecule has 0 spiro atoms. The van der Waals surface area contributed by atoms with Crippen LogP contribution in [0.5, 0.6) is 0 Å². The fraction of sp³-hybridized carbons (Fsp3) is 0.0769. The first-order valence-corrected chi connectivity index (χ1v) is 4.65. The van der Waals surface area contributed by atoms with Gasteiger partial charge >= 0.3 is 5.97 Å². The molecule has 0 N–H and O–H groups in total. The van der Waals surface area contributed by atoms with E-state index in [0.717, 1.165) is 10.8 Å². The lowest BCUT2D eigenvalue weighted by Crippen LogP contribution is -2.03. The molecule has 2 rings (SSSR count). The highest BCUT2D eigenvalue weighted by Gasteiger charge is 2.09. The van der Waals surface area contributed by atoms with Crippen molar-refractivity contribution in [2.24, 2.45) is 0 Å². The van der Waals surface area contributed by atoms with E-state index in [1.807, 2.05) is 36.4 Å². The molecule has 2 aromatic rings. The zero-order valence-corrected chi connectivity index (χ0v) is 8.49. The highest BCUT2D eigenvalue weighted by atomic mass is 16.5. The molecular formula is C13H11O2. The number of carbonyl (C=O) groups is 1. The Morgan fingerprint density at radius 3 is 2.40 bits per heavy atom. The molecule has 2 nitrogen and oxygen atoms in total. The van der Waals surface area contributed by atoms with Gasteiger partial charge in [-0.1, -0.05) is 30.3 Å². The van der Waals surface area contributed by atoms with E-state index >= 15 is 0 Å². The minimum absolute atomic E-state index is 0.342. The molecule has 0 unspecified atom stereocenters. The summed E-state index contributed by atoms with van der Waals surface area (Å²) in [7, 11) is 1.37. The van der Waals surface area contributed by atoms with Crippen LogP contribution in [0.15, 0.2) is 36.4 Å². The molecule has 0 atom stereocenters. The first-order valence-electron chi connectivity index (χ1n) is 4.65. The number of benzene rings is 2. The minimum atomic E-state index is -0.342. The minimum Gasteiger partial charge on any atom is -0.465 e. The fourth-order valence-corrected chi connectivity index (χ4v) is 1.59. The van der Waals surface area contributed by atoms with Crippen molar-refractivity contribution in [3.8, 4) is 0 Å². The molecule has 0 aliphatic carbocycles. The Morgan fingerprint density at radius 2 is 1.80 bits per heavy atom. The van der Waals surface area contributed by atoms with Crippen LogP contribution < -0.4 is 0 Å². The zero-order chi connectivity index (χ0) is 10.8. The number of hydrogen-bond donors (Lipinski definition) is 0. The van der Waals surface area contributed by atoms with Crippen molar-refractivity contribution in [1.29, 1.82) is 0 Å². The molecule has 2 aromatic carbocycles. The highest BCUT2D eigenvalue weighted by Crippen LogP contribution is 2.19. The molecule has 0 aliphatic rings. The molecule has 2 heteroatoms. The third kappa shape index (κ3) is 1.71. The second kappa shape index (κ2) is 3.73. The van der Waals surface area contributed by atoms with Gasteiger partial charge in [-0.15, -0.1) is 0 Å². The van der Waals surface area contributed by atoms with Gasteiger partial charge in [0.1, 0.15) is 0 Å². The largest absolute Gasteiger partial charge is 0.465 e. The lowest BCUT2D eigenvalue weighted by atomic mass is 10.0. The van der Waals surface area contributed by atoms with Gasteiger partial charge in [0.25, 0.3) is 0 Å². The summed E-state index contributed by atoms with van der Waals surface area (Å²) in [5, 5.41) is 2.10. The van der Waals surface area contributed by atoms with Crippen molar-refractivity contribution in [2.45, 2.75) is 0 Å². The van der Waals surface area contributed by atoms with Gasteiger partial charge in [0.2, 0.25) is 0 Å². The molecule has 75 valence electrons. The Kier molecular flexibility index (Phi) is 2.42. The van der Waals surface area contributed by atoms with Crippen LogP contribution in [-0.2, 0) is 4.74 Å². The summed E-state index contributed by atoms with van der Waals surface area (Å²) in [6.07, 6.45) is 0. The van der Waals surface area contributed by atoms with Crippen LogP contribution in [-0.4, -0.2) is 13.1 Å². The van der Waals surface area contributed by atoms with Crippen LogP contribution in [0.3, 0.4) is 0 Å². The maximum absolute atomic E-state index is 11.4. The predicted molar refractivity (Wildman–Crippen MR) is 59.7 cm³/mol. The van der Waals surface area contributed by atoms with Crippen LogP contribution in [0.25, 0.3) is 10.8 Å². The third-order valence-corrected chi connectivity index (χ3v) is 2.38. The van der Waals surface area contributed by atoms with Crippen LogP contribution in [0.2, 0.25) is 0 Å². The highest BCUT2D eigenvalue weighted by molar-refractivity contribution is 5.97. The smallest absolute Gasteiger partial charge is 0.338 e. The summed E-state index contributed by atoms with van der Waals surface area (Å²) in [4.78, 5) is 11.4. The van der Waals surface area contributed by atoms with Crippen molar-refractivity contribution in [1.82, 2.24) is 0 Å². The van der Waals surface area contributed by atoms with E-state index in [0.29, 0.717) is 11.1 Å². The van der Waals surface area contributed by atoms with Gasteiger partial charge in [0.05, 0.1) is 12.7 Å². The molecule has 0 aliphatic heterocycles. The topological polar surface area (TPSA) is 26.3 Å². The Balaban J connectivity index is 2.67. The lowest BCUT2D eigenvalue weighted by molar-refractivity contribution is 0.0600.